The molecule has 25 heavy (non-hydrogen) atoms. The molecule has 0 aromatic heterocycles. The number of rotatable bonds is 2. The Kier molecular flexibility index (Phi) is 3.69. The first-order valence-corrected chi connectivity index (χ1v) is 8.33. The topological polar surface area (TPSA) is 62.2 Å². The van der Waals surface area contributed by atoms with Crippen LogP contribution in [0.1, 0.15) is 28.2 Å². The number of benzene rings is 3. The van der Waals surface area contributed by atoms with Crippen molar-refractivity contribution < 1.29 is 0 Å². The minimum Gasteiger partial charge on any atom is -0.398 e. The van der Waals surface area contributed by atoms with Crippen molar-refractivity contribution in [3.05, 3.63) is 95.1 Å². The average Bonchev–Trinajstić information content (AvgIpc) is 2.63. The van der Waals surface area contributed by atoms with Crippen LogP contribution in [0.5, 0.6) is 0 Å². The third-order valence-corrected chi connectivity index (χ3v) is 4.64. The molecule has 1 aliphatic heterocycles. The highest BCUT2D eigenvalue weighted by Crippen LogP contribution is 2.37. The van der Waals surface area contributed by atoms with Gasteiger partial charge in [0.05, 0.1) is 23.0 Å². The van der Waals surface area contributed by atoms with E-state index in [1.807, 2.05) is 48.5 Å². The van der Waals surface area contributed by atoms with Crippen LogP contribution in [0.2, 0.25) is 0 Å². The number of nitrogens with one attached hydrogen (secondary N) is 1. The van der Waals surface area contributed by atoms with Crippen LogP contribution in [0, 0.1) is 12.3 Å². The lowest BCUT2D eigenvalue weighted by molar-refractivity contribution is 1.13. The zero-order chi connectivity index (χ0) is 17.4. The van der Waals surface area contributed by atoms with Gasteiger partial charge in [-0.25, -0.2) is 0 Å². The molecule has 0 aliphatic carbocycles. The summed E-state index contributed by atoms with van der Waals surface area (Å²) in [6.45, 7) is 2.06. The number of aliphatic imine (C=N–C) groups is 1. The van der Waals surface area contributed by atoms with Crippen LogP contribution in [0.4, 0.5) is 11.4 Å². The predicted octanol–water partition coefficient (Wildman–Crippen LogP) is 4.86. The van der Waals surface area contributed by atoms with Crippen molar-refractivity contribution in [3.63, 3.8) is 0 Å². The Morgan fingerprint density at radius 1 is 0.840 bits per heavy atom. The molecule has 122 valence electrons. The summed E-state index contributed by atoms with van der Waals surface area (Å²) in [5.41, 5.74) is 13.2. The van der Waals surface area contributed by atoms with Crippen LogP contribution >= 0.6 is 0 Å². The smallest absolute Gasteiger partial charge is 0.0724 e. The number of fused-ring (bicyclic) bond motifs is 1. The molecule has 3 aromatic carbocycles. The maximum atomic E-state index is 8.85. The van der Waals surface area contributed by atoms with Crippen LogP contribution in [0.15, 0.2) is 77.8 Å². The van der Waals surface area contributed by atoms with Crippen LogP contribution in [-0.2, 0) is 0 Å². The molecular weight excluding hydrogens is 306 g/mol. The van der Waals surface area contributed by atoms with Gasteiger partial charge in [-0.2, -0.15) is 0 Å². The van der Waals surface area contributed by atoms with Gasteiger partial charge in [0.1, 0.15) is 0 Å². The minimum absolute atomic E-state index is 0.222. The Balaban J connectivity index is 1.96. The number of hydrogen-bond donors (Lipinski definition) is 2. The average molecular weight is 325 g/mol. The van der Waals surface area contributed by atoms with E-state index < -0.39 is 0 Å². The molecule has 0 saturated carbocycles. The summed E-state index contributed by atoms with van der Waals surface area (Å²) in [4.78, 5) is 4.90. The van der Waals surface area contributed by atoms with E-state index >= 15 is 0 Å². The molecule has 0 bridgehead atoms. The van der Waals surface area contributed by atoms with Crippen LogP contribution in [-0.4, -0.2) is 11.4 Å². The van der Waals surface area contributed by atoms with E-state index in [1.54, 1.807) is 0 Å². The van der Waals surface area contributed by atoms with Gasteiger partial charge >= 0.3 is 0 Å². The van der Waals surface area contributed by atoms with Crippen molar-refractivity contribution in [1.29, 1.82) is 5.41 Å². The van der Waals surface area contributed by atoms with Gasteiger partial charge in [-0.1, -0.05) is 66.2 Å². The number of hydrogen-bond acceptors (Lipinski definition) is 3. The zero-order valence-corrected chi connectivity index (χ0v) is 14.0. The molecule has 0 fully saturated rings. The number of nitrogens with two attached hydrogens (primary N) is 1. The molecule has 1 aliphatic rings. The van der Waals surface area contributed by atoms with Gasteiger partial charge in [0, 0.05) is 16.8 Å². The van der Waals surface area contributed by atoms with Crippen molar-refractivity contribution in [2.45, 2.75) is 12.8 Å². The molecule has 3 nitrogen and oxygen atoms in total. The van der Waals surface area contributed by atoms with Crippen molar-refractivity contribution in [3.8, 4) is 0 Å². The van der Waals surface area contributed by atoms with Gasteiger partial charge < -0.3 is 11.1 Å². The fraction of sp³-hybridized carbons (Fsp3) is 0.0909. The lowest BCUT2D eigenvalue weighted by Gasteiger charge is -2.27. The monoisotopic (exact) mass is 325 g/mol. The third-order valence-electron chi connectivity index (χ3n) is 4.64. The largest absolute Gasteiger partial charge is 0.398 e. The highest BCUT2D eigenvalue weighted by atomic mass is 14.8. The molecule has 0 saturated heterocycles. The molecule has 4 rings (SSSR count). The molecular formula is C22H19N3. The number of nitrogens with zero attached hydrogens (tertiary/aromatic N) is 1. The summed E-state index contributed by atoms with van der Waals surface area (Å²) in [6.07, 6.45) is 0. The Labute approximate surface area is 147 Å². The van der Waals surface area contributed by atoms with Gasteiger partial charge in [-0.05, 0) is 24.6 Å². The van der Waals surface area contributed by atoms with Crippen molar-refractivity contribution in [2.75, 3.05) is 5.73 Å². The summed E-state index contributed by atoms with van der Waals surface area (Å²) in [7, 11) is 0. The number of anilines is 1. The molecule has 1 heterocycles. The standard InChI is InChI=1S/C22H19N3/c1-14-10-12-15(13-11-14)20-21(24)17-7-3-5-9-19(17)25-22(20)16-6-2-4-8-18(16)23/h2-13,20,24H,23H2,1H3. The lowest BCUT2D eigenvalue weighted by atomic mass is 9.80. The maximum absolute atomic E-state index is 8.85. The van der Waals surface area contributed by atoms with Crippen molar-refractivity contribution in [2.24, 2.45) is 4.99 Å². The molecule has 3 heteroatoms. The van der Waals surface area contributed by atoms with Crippen LogP contribution < -0.4 is 5.73 Å². The Morgan fingerprint density at radius 3 is 2.20 bits per heavy atom. The van der Waals surface area contributed by atoms with Gasteiger partial charge in [-0.15, -0.1) is 0 Å². The van der Waals surface area contributed by atoms with E-state index in [4.69, 9.17) is 16.1 Å². The molecule has 0 radical (unpaired) electrons. The lowest BCUT2D eigenvalue weighted by Crippen LogP contribution is -2.27. The summed E-state index contributed by atoms with van der Waals surface area (Å²) < 4.78 is 0. The quantitative estimate of drug-likeness (QED) is 0.649. The van der Waals surface area contributed by atoms with E-state index in [1.165, 1.54) is 5.56 Å². The van der Waals surface area contributed by atoms with Gasteiger partial charge in [0.25, 0.3) is 0 Å². The van der Waals surface area contributed by atoms with E-state index in [2.05, 4.69) is 31.2 Å². The van der Waals surface area contributed by atoms with Gasteiger partial charge in [0.2, 0.25) is 0 Å². The third kappa shape index (κ3) is 2.64. The number of aryl methyl sites for hydroxylation is 1. The maximum Gasteiger partial charge on any atom is 0.0724 e. The Hall–Kier alpha value is -3.20. The second-order valence-corrected chi connectivity index (χ2v) is 6.36. The summed E-state index contributed by atoms with van der Waals surface area (Å²) >= 11 is 0. The molecule has 1 atom stereocenters. The van der Waals surface area contributed by atoms with Gasteiger partial charge in [0.15, 0.2) is 0 Å². The van der Waals surface area contributed by atoms with Crippen LogP contribution in [0.3, 0.4) is 0 Å². The van der Waals surface area contributed by atoms with Crippen molar-refractivity contribution in [1.82, 2.24) is 0 Å². The summed E-state index contributed by atoms with van der Waals surface area (Å²) in [6, 6.07) is 23.9. The fourth-order valence-corrected chi connectivity index (χ4v) is 3.31. The predicted molar refractivity (Wildman–Crippen MR) is 104 cm³/mol. The zero-order valence-electron chi connectivity index (χ0n) is 14.0. The first-order chi connectivity index (χ1) is 12.1. The summed E-state index contributed by atoms with van der Waals surface area (Å²) in [5, 5.41) is 8.85. The second kappa shape index (κ2) is 6.02. The van der Waals surface area contributed by atoms with E-state index in [0.29, 0.717) is 11.4 Å². The first-order valence-electron chi connectivity index (χ1n) is 8.33. The Bertz CT molecular complexity index is 984. The molecule has 0 amide bonds. The highest BCUT2D eigenvalue weighted by Gasteiger charge is 2.31. The van der Waals surface area contributed by atoms with Gasteiger partial charge in [-0.3, -0.25) is 4.99 Å². The minimum atomic E-state index is -0.222. The SMILES string of the molecule is Cc1ccc(C2C(=N)c3ccccc3N=C2c2ccccc2N)cc1. The molecule has 0 spiro atoms. The van der Waals surface area contributed by atoms with E-state index in [-0.39, 0.29) is 5.92 Å². The number of nitrogen functional groups attached to an aromatic ring is 1. The van der Waals surface area contributed by atoms with Crippen LogP contribution in [0.25, 0.3) is 0 Å². The number of para-hydroxylation sites is 2. The Morgan fingerprint density at radius 2 is 1.48 bits per heavy atom. The molecule has 3 aromatic rings. The molecule has 3 N–H and O–H groups in total. The second-order valence-electron chi connectivity index (χ2n) is 6.36. The van der Waals surface area contributed by atoms with E-state index in [0.717, 1.165) is 28.1 Å². The van der Waals surface area contributed by atoms with Crippen molar-refractivity contribution >= 4 is 22.8 Å². The van der Waals surface area contributed by atoms with E-state index in [9.17, 15) is 0 Å². The summed E-state index contributed by atoms with van der Waals surface area (Å²) in [5.74, 6) is -0.222. The fourth-order valence-electron chi connectivity index (χ4n) is 3.31. The normalized spacial score (nSPS) is 16.3. The molecule has 1 unspecified atom stereocenters. The first kappa shape index (κ1) is 15.3. The highest BCUT2D eigenvalue weighted by molar-refractivity contribution is 6.28.